The summed E-state index contributed by atoms with van der Waals surface area (Å²) in [5.74, 6) is -2.50. The summed E-state index contributed by atoms with van der Waals surface area (Å²) < 4.78 is 32.3. The maximum atomic E-state index is 14.2. The van der Waals surface area contributed by atoms with Gasteiger partial charge in [-0.15, -0.1) is 0 Å². The zero-order valence-corrected chi connectivity index (χ0v) is 22.3. The fraction of sp³-hybridized carbons (Fsp3) is 0.565. The Labute approximate surface area is 205 Å². The summed E-state index contributed by atoms with van der Waals surface area (Å²) in [6.07, 6.45) is 8.45. The van der Waals surface area contributed by atoms with Crippen LogP contribution in [0.25, 0.3) is 6.08 Å². The van der Waals surface area contributed by atoms with Crippen LogP contribution >= 0.6 is 0 Å². The average Bonchev–Trinajstić information content (AvgIpc) is 3.27. The molecule has 1 amide bonds. The second kappa shape index (κ2) is 9.67. The summed E-state index contributed by atoms with van der Waals surface area (Å²) in [4.78, 5) is 20.9. The number of aromatic nitrogens is 4. The van der Waals surface area contributed by atoms with E-state index in [0.29, 0.717) is 23.6 Å². The minimum absolute atomic E-state index is 0.156. The number of nitrogens with one attached hydrogen (secondary N) is 2. The number of hydrogen-bond acceptors (Lipinski definition) is 5. The summed E-state index contributed by atoms with van der Waals surface area (Å²) in [5.41, 5.74) is 1.11. The topological polar surface area (TPSA) is 96.7 Å². The molecular formula is C23H30F2N5O2Sn. The van der Waals surface area contributed by atoms with Crippen molar-refractivity contribution in [3.05, 3.63) is 47.3 Å². The molecule has 1 fully saturated rings. The van der Waals surface area contributed by atoms with Gasteiger partial charge in [0.2, 0.25) is 0 Å². The van der Waals surface area contributed by atoms with Gasteiger partial charge in [0.15, 0.2) is 0 Å². The Bertz CT molecular complexity index is 1040. The number of allylic oxidation sites excluding steroid dienone is 2. The van der Waals surface area contributed by atoms with E-state index in [4.69, 9.17) is 4.63 Å². The average molecular weight is 565 g/mol. The molecule has 2 N–H and O–H groups in total. The third-order valence-corrected chi connectivity index (χ3v) is 8.22. The molecule has 1 aliphatic rings. The van der Waals surface area contributed by atoms with E-state index in [9.17, 15) is 13.6 Å². The van der Waals surface area contributed by atoms with E-state index in [2.05, 4.69) is 32.2 Å². The van der Waals surface area contributed by atoms with Crippen molar-refractivity contribution in [3.8, 4) is 0 Å². The van der Waals surface area contributed by atoms with Gasteiger partial charge < -0.3 is 0 Å². The van der Waals surface area contributed by atoms with Crippen LogP contribution in [0.2, 0.25) is 0 Å². The Morgan fingerprint density at radius 3 is 2.61 bits per heavy atom. The van der Waals surface area contributed by atoms with E-state index in [-0.39, 0.29) is 18.0 Å². The second-order valence-electron chi connectivity index (χ2n) is 9.36. The third-order valence-electron chi connectivity index (χ3n) is 6.38. The van der Waals surface area contributed by atoms with Crippen molar-refractivity contribution in [2.75, 3.05) is 0 Å². The number of carbonyl (C=O) groups excluding carboxylic acids is 1. The molecule has 0 bridgehead atoms. The third kappa shape index (κ3) is 5.91. The molecule has 0 aromatic carbocycles. The quantitative estimate of drug-likeness (QED) is 0.300. The van der Waals surface area contributed by atoms with Gasteiger partial charge in [0.05, 0.1) is 0 Å². The minimum atomic E-state index is -2.87. The molecule has 1 aliphatic carbocycles. The summed E-state index contributed by atoms with van der Waals surface area (Å²) in [7, 11) is 0. The molecule has 0 saturated heterocycles. The van der Waals surface area contributed by atoms with Gasteiger partial charge in [-0.25, -0.2) is 0 Å². The molecule has 0 spiro atoms. The zero-order valence-electron chi connectivity index (χ0n) is 19.5. The number of H-pyrrole nitrogens is 1. The van der Waals surface area contributed by atoms with E-state index in [0.717, 1.165) is 54.3 Å². The summed E-state index contributed by atoms with van der Waals surface area (Å²) in [5, 5.41) is 10.7. The van der Waals surface area contributed by atoms with Crippen molar-refractivity contribution < 1.29 is 18.2 Å². The van der Waals surface area contributed by atoms with Crippen molar-refractivity contribution in [1.82, 2.24) is 25.6 Å². The van der Waals surface area contributed by atoms with E-state index in [1.807, 2.05) is 13.0 Å². The molecule has 10 heteroatoms. The number of imidazole rings is 1. The number of alkyl halides is 2. The Morgan fingerprint density at radius 1 is 1.33 bits per heavy atom. The molecule has 1 atom stereocenters. The SMILES string of the molecule is C=C/C(=C\c1ncc([C@]([Sn])(CCC(C)(C)C(C)(F)F)NC(=O)c2nonc2C2CC2)[nH]1)CC. The Kier molecular flexibility index (Phi) is 7.50. The molecule has 2 aromatic rings. The first kappa shape index (κ1) is 25.6. The Morgan fingerprint density at radius 2 is 2.03 bits per heavy atom. The molecule has 2 aromatic heterocycles. The second-order valence-corrected chi connectivity index (χ2v) is 11.8. The number of carbonyl (C=O) groups is 1. The van der Waals surface area contributed by atoms with Crippen LogP contribution in [0, 0.1) is 5.41 Å². The molecule has 1 saturated carbocycles. The van der Waals surface area contributed by atoms with Gasteiger partial charge in [-0.05, 0) is 0 Å². The van der Waals surface area contributed by atoms with Crippen LogP contribution in [0.4, 0.5) is 8.78 Å². The molecule has 0 unspecified atom stereocenters. The molecule has 3 radical (unpaired) electrons. The van der Waals surface area contributed by atoms with Crippen LogP contribution in [-0.2, 0) is 3.55 Å². The number of hydrogen-bond donors (Lipinski definition) is 2. The first-order chi connectivity index (χ1) is 15.4. The van der Waals surface area contributed by atoms with Crippen LogP contribution in [0.3, 0.4) is 0 Å². The van der Waals surface area contributed by atoms with Crippen molar-refractivity contribution in [3.63, 3.8) is 0 Å². The molecule has 7 nitrogen and oxygen atoms in total. The predicted octanol–water partition coefficient (Wildman–Crippen LogP) is 4.86. The van der Waals surface area contributed by atoms with Crippen LogP contribution in [0.15, 0.2) is 29.1 Å². The standard InChI is InChI=1S/C23H30F2N5O2.Sn/c1-6-14(7-2)12-18-26-13-17(27-18)16(10-11-22(3,4)23(5,24)25)28-21(31)20-19(15-8-9-15)29-32-30-20;/h6,12-13,15H,1,7-11H2,2-5H3,(H,26,27)(H,28,31);/b14-12+;. The Balaban J connectivity index is 1.91. The van der Waals surface area contributed by atoms with Crippen LogP contribution in [0.1, 0.15) is 93.4 Å². The van der Waals surface area contributed by atoms with E-state index in [1.165, 1.54) is 13.8 Å². The number of aromatic amines is 1. The van der Waals surface area contributed by atoms with Crippen molar-refractivity contribution in [2.24, 2.45) is 5.41 Å². The van der Waals surface area contributed by atoms with Crippen LogP contribution in [0.5, 0.6) is 0 Å². The summed E-state index contributed by atoms with van der Waals surface area (Å²) in [6.45, 7) is 9.83. The molecule has 0 aliphatic heterocycles. The zero-order chi connectivity index (χ0) is 24.4. The predicted molar refractivity (Wildman–Crippen MR) is 122 cm³/mol. The fourth-order valence-corrected chi connectivity index (χ4v) is 4.37. The van der Waals surface area contributed by atoms with Gasteiger partial charge >= 0.3 is 206 Å². The van der Waals surface area contributed by atoms with Gasteiger partial charge in [0, 0.05) is 0 Å². The van der Waals surface area contributed by atoms with Crippen molar-refractivity contribution >= 4 is 34.5 Å². The first-order valence-corrected chi connectivity index (χ1v) is 12.5. The number of halogens is 2. The monoisotopic (exact) mass is 566 g/mol. The molecule has 2 heterocycles. The normalized spacial score (nSPS) is 17.0. The fourth-order valence-electron chi connectivity index (χ4n) is 3.32. The summed E-state index contributed by atoms with van der Waals surface area (Å²) in [6, 6.07) is 0. The van der Waals surface area contributed by atoms with E-state index < -0.39 is 20.8 Å². The van der Waals surface area contributed by atoms with Gasteiger partial charge in [-0.3, -0.25) is 0 Å². The van der Waals surface area contributed by atoms with Gasteiger partial charge in [-0.1, -0.05) is 0 Å². The van der Waals surface area contributed by atoms with Crippen LogP contribution < -0.4 is 5.32 Å². The van der Waals surface area contributed by atoms with Gasteiger partial charge in [0.25, 0.3) is 0 Å². The summed E-state index contributed by atoms with van der Waals surface area (Å²) >= 11 is 0.925. The van der Waals surface area contributed by atoms with Crippen molar-refractivity contribution in [2.45, 2.75) is 75.2 Å². The molecular weight excluding hydrogens is 535 g/mol. The van der Waals surface area contributed by atoms with E-state index >= 15 is 0 Å². The first-order valence-electron chi connectivity index (χ1n) is 11.1. The molecule has 177 valence electrons. The Hall–Kier alpha value is -2.04. The molecule has 3 rings (SSSR count). The molecule has 33 heavy (non-hydrogen) atoms. The van der Waals surface area contributed by atoms with E-state index in [1.54, 1.807) is 12.3 Å². The van der Waals surface area contributed by atoms with Crippen molar-refractivity contribution in [1.29, 1.82) is 0 Å². The maximum absolute atomic E-state index is 14.2. The number of nitrogens with zero attached hydrogens (tertiary/aromatic N) is 3. The van der Waals surface area contributed by atoms with Gasteiger partial charge in [0.1, 0.15) is 0 Å². The number of rotatable bonds is 11. The van der Waals surface area contributed by atoms with Gasteiger partial charge in [-0.2, -0.15) is 0 Å². The number of amides is 1. The van der Waals surface area contributed by atoms with Crippen LogP contribution in [-0.4, -0.2) is 54.6 Å².